The fraction of sp³-hybridized carbons (Fsp3) is 0.182. The van der Waals surface area contributed by atoms with Crippen LogP contribution in [0.3, 0.4) is 0 Å². The molecule has 3 aromatic rings. The largest absolute Gasteiger partial charge is 0.496 e. The minimum Gasteiger partial charge on any atom is -0.496 e. The molecule has 1 unspecified atom stereocenters. The third-order valence-electron chi connectivity index (χ3n) is 4.82. The van der Waals surface area contributed by atoms with Crippen molar-refractivity contribution in [2.24, 2.45) is 4.99 Å². The van der Waals surface area contributed by atoms with Crippen LogP contribution >= 0.6 is 11.3 Å². The van der Waals surface area contributed by atoms with E-state index in [1.807, 2.05) is 36.4 Å². The lowest BCUT2D eigenvalue weighted by atomic mass is 9.93. The molecule has 0 saturated heterocycles. The molecule has 146 valence electrons. The Labute approximate surface area is 171 Å². The van der Waals surface area contributed by atoms with Gasteiger partial charge < -0.3 is 4.74 Å². The van der Waals surface area contributed by atoms with Gasteiger partial charge in [0.05, 0.1) is 17.7 Å². The maximum atomic E-state index is 13.4. The number of benzene rings is 1. The van der Waals surface area contributed by atoms with E-state index < -0.39 is 6.04 Å². The smallest absolute Gasteiger partial charge is 0.271 e. The van der Waals surface area contributed by atoms with Gasteiger partial charge in [-0.3, -0.25) is 19.1 Å². The predicted octanol–water partition coefficient (Wildman–Crippen LogP) is 2.23. The van der Waals surface area contributed by atoms with E-state index >= 15 is 0 Å². The van der Waals surface area contributed by atoms with Crippen LogP contribution in [0.15, 0.2) is 69.8 Å². The molecule has 3 heterocycles. The number of aromatic nitrogens is 2. The van der Waals surface area contributed by atoms with Crippen molar-refractivity contribution in [3.63, 3.8) is 0 Å². The van der Waals surface area contributed by atoms with Gasteiger partial charge in [-0.15, -0.1) is 0 Å². The number of hydrogen-bond acceptors (Lipinski definition) is 6. The number of pyridine rings is 1. The van der Waals surface area contributed by atoms with E-state index in [1.54, 1.807) is 37.1 Å². The fourth-order valence-corrected chi connectivity index (χ4v) is 4.62. The Balaban J connectivity index is 2.03. The van der Waals surface area contributed by atoms with Crippen LogP contribution in [0.1, 0.15) is 31.0 Å². The minimum atomic E-state index is -0.587. The van der Waals surface area contributed by atoms with Crippen molar-refractivity contribution in [3.8, 4) is 5.75 Å². The molecule has 0 amide bonds. The molecular formula is C22H19N3O3S. The maximum absolute atomic E-state index is 13.4. The van der Waals surface area contributed by atoms with Crippen molar-refractivity contribution in [1.82, 2.24) is 9.55 Å². The van der Waals surface area contributed by atoms with Gasteiger partial charge in [-0.1, -0.05) is 35.6 Å². The first kappa shape index (κ1) is 19.0. The lowest BCUT2D eigenvalue weighted by Crippen LogP contribution is -2.39. The molecule has 7 heteroatoms. The molecule has 0 N–H and O–H groups in total. The molecule has 0 spiro atoms. The zero-order valence-electron chi connectivity index (χ0n) is 16.2. The van der Waals surface area contributed by atoms with E-state index in [9.17, 15) is 9.59 Å². The monoisotopic (exact) mass is 405 g/mol. The van der Waals surface area contributed by atoms with Gasteiger partial charge in [0.15, 0.2) is 10.6 Å². The maximum Gasteiger partial charge on any atom is 0.271 e. The Morgan fingerprint density at radius 2 is 2.03 bits per heavy atom. The van der Waals surface area contributed by atoms with Gasteiger partial charge in [-0.05, 0) is 37.6 Å². The highest BCUT2D eigenvalue weighted by Crippen LogP contribution is 2.35. The van der Waals surface area contributed by atoms with Gasteiger partial charge in [0.2, 0.25) is 0 Å². The molecule has 1 atom stereocenters. The van der Waals surface area contributed by atoms with Gasteiger partial charge in [-0.2, -0.15) is 0 Å². The molecule has 6 nitrogen and oxygen atoms in total. The number of allylic oxidation sites excluding steroid dienone is 2. The molecule has 0 radical (unpaired) electrons. The summed E-state index contributed by atoms with van der Waals surface area (Å²) in [6, 6.07) is 10.6. The summed E-state index contributed by atoms with van der Waals surface area (Å²) in [5, 5.41) is 0. The zero-order chi connectivity index (χ0) is 20.5. The van der Waals surface area contributed by atoms with E-state index in [2.05, 4.69) is 9.98 Å². The van der Waals surface area contributed by atoms with Crippen molar-refractivity contribution >= 4 is 23.2 Å². The number of ether oxygens (including phenoxy) is 1. The van der Waals surface area contributed by atoms with Gasteiger partial charge in [0.25, 0.3) is 5.56 Å². The SMILES string of the molecule is COc1ccccc1C1C(C(C)=O)=C(C)N=c2s/c(=C\c3cccnc3)c(=O)n21. The van der Waals surface area contributed by atoms with Gasteiger partial charge in [-0.25, -0.2) is 4.99 Å². The topological polar surface area (TPSA) is 73.6 Å². The summed E-state index contributed by atoms with van der Waals surface area (Å²) >= 11 is 1.30. The van der Waals surface area contributed by atoms with Crippen LogP contribution in [0.5, 0.6) is 5.75 Å². The molecule has 1 aliphatic heterocycles. The highest BCUT2D eigenvalue weighted by molar-refractivity contribution is 7.07. The number of ketones is 1. The van der Waals surface area contributed by atoms with Crippen molar-refractivity contribution < 1.29 is 9.53 Å². The second-order valence-electron chi connectivity index (χ2n) is 6.67. The summed E-state index contributed by atoms with van der Waals surface area (Å²) in [6.45, 7) is 3.30. The molecule has 29 heavy (non-hydrogen) atoms. The standard InChI is InChI=1S/C22H19N3O3S/c1-13-19(14(2)26)20(16-8-4-5-9-17(16)28-3)25-21(27)18(29-22(25)24-13)11-15-7-6-10-23-12-15/h4-12,20H,1-3H3/b18-11-. The first-order chi connectivity index (χ1) is 14.0. The number of methoxy groups -OCH3 is 1. The van der Waals surface area contributed by atoms with E-state index in [0.29, 0.717) is 26.4 Å². The normalized spacial score (nSPS) is 16.4. The molecule has 1 aromatic carbocycles. The highest BCUT2D eigenvalue weighted by atomic mass is 32.1. The van der Waals surface area contributed by atoms with Crippen LogP contribution in [0.4, 0.5) is 0 Å². The number of nitrogens with zero attached hydrogens (tertiary/aromatic N) is 3. The van der Waals surface area contributed by atoms with Crippen LogP contribution in [-0.2, 0) is 4.79 Å². The van der Waals surface area contributed by atoms with Crippen molar-refractivity contribution in [2.45, 2.75) is 19.9 Å². The van der Waals surface area contributed by atoms with Gasteiger partial charge in [0, 0.05) is 29.2 Å². The number of rotatable bonds is 4. The van der Waals surface area contributed by atoms with E-state index in [0.717, 1.165) is 11.1 Å². The summed E-state index contributed by atoms with van der Waals surface area (Å²) in [5.41, 5.74) is 2.50. The fourth-order valence-electron chi connectivity index (χ4n) is 3.57. The Morgan fingerprint density at radius 1 is 1.24 bits per heavy atom. The average Bonchev–Trinajstić information content (AvgIpc) is 3.02. The second kappa shape index (κ2) is 7.60. The van der Waals surface area contributed by atoms with Gasteiger partial charge >= 0.3 is 0 Å². The van der Waals surface area contributed by atoms with E-state index in [-0.39, 0.29) is 11.3 Å². The minimum absolute atomic E-state index is 0.122. The van der Waals surface area contributed by atoms with Crippen molar-refractivity contribution in [1.29, 1.82) is 0 Å². The molecule has 2 aromatic heterocycles. The third-order valence-corrected chi connectivity index (χ3v) is 5.80. The number of carbonyl (C=O) groups is 1. The first-order valence-electron chi connectivity index (χ1n) is 9.07. The van der Waals surface area contributed by atoms with Crippen molar-refractivity contribution in [3.05, 3.63) is 90.9 Å². The number of para-hydroxylation sites is 1. The zero-order valence-corrected chi connectivity index (χ0v) is 17.1. The number of Topliss-reactive ketones (excluding diaryl/α,β-unsaturated/α-hetero) is 1. The molecule has 0 saturated carbocycles. The van der Waals surface area contributed by atoms with Crippen LogP contribution in [0, 0.1) is 0 Å². The van der Waals surface area contributed by atoms with Crippen LogP contribution < -0.4 is 19.6 Å². The number of fused-ring (bicyclic) bond motifs is 1. The molecular weight excluding hydrogens is 386 g/mol. The van der Waals surface area contributed by atoms with Crippen molar-refractivity contribution in [2.75, 3.05) is 7.11 Å². The second-order valence-corrected chi connectivity index (χ2v) is 7.68. The lowest BCUT2D eigenvalue weighted by molar-refractivity contribution is -0.114. The first-order valence-corrected chi connectivity index (χ1v) is 9.89. The van der Waals surface area contributed by atoms with Crippen LogP contribution in [-0.4, -0.2) is 22.4 Å². The summed E-state index contributed by atoms with van der Waals surface area (Å²) in [6.07, 6.45) is 5.17. The Kier molecular flexibility index (Phi) is 4.98. The third kappa shape index (κ3) is 3.34. The van der Waals surface area contributed by atoms with Crippen LogP contribution in [0.2, 0.25) is 0 Å². The van der Waals surface area contributed by atoms with Crippen LogP contribution in [0.25, 0.3) is 6.08 Å². The molecule has 1 aliphatic rings. The summed E-state index contributed by atoms with van der Waals surface area (Å²) in [5.74, 6) is 0.497. The quantitative estimate of drug-likeness (QED) is 0.667. The average molecular weight is 405 g/mol. The Hall–Kier alpha value is -3.32. The summed E-state index contributed by atoms with van der Waals surface area (Å²) in [7, 11) is 1.58. The van der Waals surface area contributed by atoms with E-state index in [4.69, 9.17) is 4.74 Å². The molecule has 0 bridgehead atoms. The number of thiazole rings is 1. The number of carbonyl (C=O) groups excluding carboxylic acids is 1. The molecule has 0 fully saturated rings. The Bertz CT molecular complexity index is 1300. The Morgan fingerprint density at radius 3 is 2.72 bits per heavy atom. The van der Waals surface area contributed by atoms with E-state index in [1.165, 1.54) is 18.3 Å². The number of hydrogen-bond donors (Lipinski definition) is 0. The lowest BCUT2D eigenvalue weighted by Gasteiger charge is -2.25. The summed E-state index contributed by atoms with van der Waals surface area (Å²) < 4.78 is 7.65. The molecule has 4 rings (SSSR count). The summed E-state index contributed by atoms with van der Waals surface area (Å²) in [4.78, 5) is 35.1. The predicted molar refractivity (Wildman–Crippen MR) is 112 cm³/mol. The highest BCUT2D eigenvalue weighted by Gasteiger charge is 2.32. The van der Waals surface area contributed by atoms with Gasteiger partial charge in [0.1, 0.15) is 5.75 Å². The molecule has 0 aliphatic carbocycles.